The Morgan fingerprint density at radius 2 is 1.66 bits per heavy atom. The van der Waals surface area contributed by atoms with Gasteiger partial charge in [-0.3, -0.25) is 19.2 Å². The second kappa shape index (κ2) is 6.96. The molecule has 0 radical (unpaired) electrons. The van der Waals surface area contributed by atoms with E-state index in [1.807, 2.05) is 33.9 Å². The molecule has 2 N–H and O–H groups in total. The van der Waals surface area contributed by atoms with E-state index >= 15 is 0 Å². The van der Waals surface area contributed by atoms with Crippen LogP contribution in [0.25, 0.3) is 0 Å². The van der Waals surface area contributed by atoms with Crippen molar-refractivity contribution in [3.05, 3.63) is 35.4 Å². The van der Waals surface area contributed by atoms with Gasteiger partial charge in [0, 0.05) is 0 Å². The zero-order valence-corrected chi connectivity index (χ0v) is 18.1. The Hall–Kier alpha value is -2.72. The van der Waals surface area contributed by atoms with Crippen LogP contribution in [0.5, 0.6) is 0 Å². The zero-order valence-electron chi connectivity index (χ0n) is 17.1. The fraction of sp³-hybridized carbons (Fsp3) is 0.474. The van der Waals surface area contributed by atoms with Crippen LogP contribution in [-0.2, 0) is 9.63 Å². The summed E-state index contributed by atoms with van der Waals surface area (Å²) in [5, 5.41) is 11.8. The molecule has 1 aromatic rings. The monoisotopic (exact) mass is 419 g/mol. The zero-order chi connectivity index (χ0) is 21.7. The first-order valence-corrected chi connectivity index (χ1v) is 12.3. The minimum absolute atomic E-state index is 0.172. The number of carbonyl (C=O) groups is 4. The number of β-lactam (4-membered cyclic amide) rings is 1. The number of fused-ring (bicyclic) bond motifs is 1. The Labute approximate surface area is 169 Å². The van der Waals surface area contributed by atoms with E-state index < -0.39 is 38.2 Å². The Bertz CT molecular complexity index is 859. The smallest absolute Gasteiger partial charge is 0.405 e. The molecule has 2 aliphatic heterocycles. The summed E-state index contributed by atoms with van der Waals surface area (Å²) in [6.07, 6.45) is -1.32. The highest BCUT2D eigenvalue weighted by molar-refractivity contribution is 6.80. The van der Waals surface area contributed by atoms with Crippen LogP contribution in [0.1, 0.15) is 41.5 Å². The highest BCUT2D eigenvalue weighted by atomic mass is 28.3. The third-order valence-corrected chi connectivity index (χ3v) is 11.5. The van der Waals surface area contributed by atoms with Crippen LogP contribution in [0, 0.1) is 0 Å². The van der Waals surface area contributed by atoms with Gasteiger partial charge in [-0.1, -0.05) is 46.0 Å². The molecule has 2 atom stereocenters. The van der Waals surface area contributed by atoms with Crippen LogP contribution in [0.15, 0.2) is 24.3 Å². The van der Waals surface area contributed by atoms with Gasteiger partial charge < -0.3 is 15.0 Å². The fourth-order valence-corrected chi connectivity index (χ4v) is 5.96. The van der Waals surface area contributed by atoms with Gasteiger partial charge in [-0.2, -0.15) is 0 Å². The molecule has 2 unspecified atom stereocenters. The van der Waals surface area contributed by atoms with Crippen LogP contribution in [0.2, 0.25) is 18.1 Å². The number of carbonyl (C=O) groups excluding carboxylic acids is 3. The average molecular weight is 420 g/mol. The molecule has 2 aliphatic rings. The molecule has 3 rings (SSSR count). The standard InChI is InChI=1S/C19H25N3O6Si/c1-19(2,3)29(4,5)22-13(14(17(22)25)20-18(26)27)10-28-21-15(23)11-8-6-7-9-12(11)16(21)24/h6-9,13-14,20H,10H2,1-5H3,(H,26,27). The van der Waals surface area contributed by atoms with Gasteiger partial charge in [0.05, 0.1) is 23.8 Å². The van der Waals surface area contributed by atoms with Crippen molar-refractivity contribution in [2.45, 2.75) is 51.0 Å². The lowest BCUT2D eigenvalue weighted by atomic mass is 10.00. The predicted octanol–water partition coefficient (Wildman–Crippen LogP) is 2.07. The number of benzene rings is 1. The van der Waals surface area contributed by atoms with E-state index in [2.05, 4.69) is 5.32 Å². The topological polar surface area (TPSA) is 116 Å². The number of nitrogens with one attached hydrogen (secondary N) is 1. The van der Waals surface area contributed by atoms with Crippen LogP contribution >= 0.6 is 0 Å². The van der Waals surface area contributed by atoms with E-state index in [9.17, 15) is 19.2 Å². The highest BCUT2D eigenvalue weighted by Gasteiger charge is 2.58. The third kappa shape index (κ3) is 3.31. The Morgan fingerprint density at radius 3 is 2.10 bits per heavy atom. The summed E-state index contributed by atoms with van der Waals surface area (Å²) in [6, 6.07) is 4.82. The van der Waals surface area contributed by atoms with E-state index in [0.29, 0.717) is 5.06 Å². The van der Waals surface area contributed by atoms with Gasteiger partial charge in [0.15, 0.2) is 8.24 Å². The van der Waals surface area contributed by atoms with Gasteiger partial charge in [-0.05, 0) is 17.2 Å². The van der Waals surface area contributed by atoms with Crippen LogP contribution in [0.4, 0.5) is 4.79 Å². The lowest BCUT2D eigenvalue weighted by molar-refractivity contribution is -0.155. The van der Waals surface area contributed by atoms with Crippen molar-refractivity contribution >= 4 is 32.1 Å². The molecule has 0 aliphatic carbocycles. The van der Waals surface area contributed by atoms with Crippen molar-refractivity contribution < 1.29 is 29.1 Å². The molecular formula is C19H25N3O6Si. The van der Waals surface area contributed by atoms with E-state index in [4.69, 9.17) is 9.94 Å². The first kappa shape index (κ1) is 21.0. The van der Waals surface area contributed by atoms with Crippen molar-refractivity contribution in [3.8, 4) is 0 Å². The van der Waals surface area contributed by atoms with Gasteiger partial charge in [0.1, 0.15) is 6.04 Å². The Kier molecular flexibility index (Phi) is 5.04. The summed E-state index contributed by atoms with van der Waals surface area (Å²) >= 11 is 0. The number of rotatable bonds is 5. The van der Waals surface area contributed by atoms with Crippen LogP contribution in [-0.4, -0.2) is 65.5 Å². The van der Waals surface area contributed by atoms with Crippen molar-refractivity contribution in [2.24, 2.45) is 0 Å². The number of amides is 4. The molecule has 2 heterocycles. The molecule has 1 fully saturated rings. The summed E-state index contributed by atoms with van der Waals surface area (Å²) in [4.78, 5) is 54.4. The molecule has 1 aromatic carbocycles. The van der Waals surface area contributed by atoms with Gasteiger partial charge in [0.25, 0.3) is 11.8 Å². The largest absolute Gasteiger partial charge is 0.465 e. The minimum Gasteiger partial charge on any atom is -0.465 e. The van der Waals surface area contributed by atoms with Gasteiger partial charge >= 0.3 is 6.09 Å². The number of imide groups is 1. The number of hydroxylamine groups is 2. The quantitative estimate of drug-likeness (QED) is 0.429. The first-order valence-electron chi connectivity index (χ1n) is 9.31. The van der Waals surface area contributed by atoms with Crippen molar-refractivity contribution in [2.75, 3.05) is 6.61 Å². The number of hydrogen-bond acceptors (Lipinski definition) is 5. The van der Waals surface area contributed by atoms with E-state index in [1.165, 1.54) is 0 Å². The van der Waals surface area contributed by atoms with Gasteiger partial charge in [-0.25, -0.2) is 4.79 Å². The lowest BCUT2D eigenvalue weighted by Crippen LogP contribution is -2.79. The maximum absolute atomic E-state index is 12.7. The molecule has 29 heavy (non-hydrogen) atoms. The van der Waals surface area contributed by atoms with E-state index in [0.717, 1.165) is 0 Å². The Balaban J connectivity index is 1.81. The third-order valence-electron chi connectivity index (χ3n) is 6.07. The molecule has 9 nitrogen and oxygen atoms in total. The highest BCUT2D eigenvalue weighted by Crippen LogP contribution is 2.43. The van der Waals surface area contributed by atoms with Gasteiger partial charge in [0.2, 0.25) is 5.91 Å². The predicted molar refractivity (Wildman–Crippen MR) is 106 cm³/mol. The second-order valence-electron chi connectivity index (χ2n) is 8.76. The molecule has 0 saturated carbocycles. The summed E-state index contributed by atoms with van der Waals surface area (Å²) < 4.78 is 1.70. The second-order valence-corrected chi connectivity index (χ2v) is 13.9. The van der Waals surface area contributed by atoms with Crippen LogP contribution in [0.3, 0.4) is 0 Å². The molecular weight excluding hydrogens is 394 g/mol. The maximum atomic E-state index is 12.7. The molecule has 0 spiro atoms. The summed E-state index contributed by atoms with van der Waals surface area (Å²) in [7, 11) is -2.33. The van der Waals surface area contributed by atoms with Crippen molar-refractivity contribution in [1.82, 2.24) is 14.9 Å². The molecule has 0 aromatic heterocycles. The molecule has 4 amide bonds. The summed E-state index contributed by atoms with van der Waals surface area (Å²) in [6.45, 7) is 9.98. The normalized spacial score (nSPS) is 21.9. The van der Waals surface area contributed by atoms with E-state index in [1.54, 1.807) is 28.8 Å². The summed E-state index contributed by atoms with van der Waals surface area (Å²) in [5.74, 6) is -1.45. The number of carboxylic acid groups (broad SMARTS) is 1. The average Bonchev–Trinajstić information content (AvgIpc) is 2.86. The van der Waals surface area contributed by atoms with Crippen molar-refractivity contribution in [3.63, 3.8) is 0 Å². The number of nitrogens with zero attached hydrogens (tertiary/aromatic N) is 2. The SMILES string of the molecule is CC(C)(C)[Si](C)(C)N1C(=O)C(NC(=O)O)C1CON1C(=O)c2ccccc2C1=O. The van der Waals surface area contributed by atoms with Crippen LogP contribution < -0.4 is 5.32 Å². The maximum Gasteiger partial charge on any atom is 0.405 e. The molecule has 10 heteroatoms. The van der Waals surface area contributed by atoms with E-state index in [-0.39, 0.29) is 28.7 Å². The fourth-order valence-electron chi connectivity index (χ4n) is 3.49. The molecule has 156 valence electrons. The first-order chi connectivity index (χ1) is 13.4. The molecule has 0 bridgehead atoms. The lowest BCUT2D eigenvalue weighted by Gasteiger charge is -2.57. The summed E-state index contributed by atoms with van der Waals surface area (Å²) in [5.41, 5.74) is 0.507. The van der Waals surface area contributed by atoms with Crippen molar-refractivity contribution in [1.29, 1.82) is 0 Å². The number of hydrogen-bond donors (Lipinski definition) is 2. The Morgan fingerprint density at radius 1 is 1.14 bits per heavy atom. The minimum atomic E-state index is -2.33. The van der Waals surface area contributed by atoms with Gasteiger partial charge in [-0.15, -0.1) is 5.06 Å². The molecule has 1 saturated heterocycles.